The third kappa shape index (κ3) is 8.83. The first kappa shape index (κ1) is 28.6. The molecule has 3 aromatic rings. The minimum absolute atomic E-state index is 0. The van der Waals surface area contributed by atoms with Crippen LogP contribution in [0.25, 0.3) is 6.08 Å². The van der Waals surface area contributed by atoms with E-state index in [2.05, 4.69) is 75.8 Å². The molecule has 6 heteroatoms. The van der Waals surface area contributed by atoms with Crippen molar-refractivity contribution in [3.8, 4) is 0 Å². The van der Waals surface area contributed by atoms with Crippen molar-refractivity contribution in [2.75, 3.05) is 39.3 Å². The molecule has 0 bridgehead atoms. The van der Waals surface area contributed by atoms with Crippen molar-refractivity contribution in [2.24, 2.45) is 0 Å². The van der Waals surface area contributed by atoms with Crippen LogP contribution in [0.15, 0.2) is 97.1 Å². The van der Waals surface area contributed by atoms with Gasteiger partial charge in [-0.05, 0) is 35.7 Å². The van der Waals surface area contributed by atoms with Gasteiger partial charge in [0.2, 0.25) is 5.91 Å². The average molecular weight is 513 g/mol. The van der Waals surface area contributed by atoms with Gasteiger partial charge >= 0.3 is 0 Å². The Hall–Kier alpha value is -2.63. The number of nitrogens with zero attached hydrogens (tertiary/aromatic N) is 2. The molecule has 0 aromatic heterocycles. The first-order valence-electron chi connectivity index (χ1n) is 11.9. The summed E-state index contributed by atoms with van der Waals surface area (Å²) in [6.45, 7) is 5.91. The Bertz CT molecular complexity index is 968. The van der Waals surface area contributed by atoms with E-state index in [1.807, 2.05) is 36.4 Å². The average Bonchev–Trinajstić information content (AvgIpc) is 2.88. The van der Waals surface area contributed by atoms with Crippen LogP contribution in [0, 0.1) is 0 Å². The van der Waals surface area contributed by atoms with E-state index in [9.17, 15) is 4.79 Å². The molecule has 1 saturated heterocycles. The maximum Gasteiger partial charge on any atom is 0.243 e. The molecule has 1 aliphatic heterocycles. The molecule has 0 unspecified atom stereocenters. The van der Waals surface area contributed by atoms with E-state index in [0.29, 0.717) is 12.6 Å². The predicted octanol–water partition coefficient (Wildman–Crippen LogP) is 5.46. The summed E-state index contributed by atoms with van der Waals surface area (Å²) in [7, 11) is 0. The Kier molecular flexibility index (Phi) is 12.6. The van der Waals surface area contributed by atoms with E-state index in [-0.39, 0.29) is 30.7 Å². The molecule has 186 valence electrons. The molecule has 1 N–H and O–H groups in total. The minimum atomic E-state index is -0.0303. The van der Waals surface area contributed by atoms with Crippen LogP contribution in [0.5, 0.6) is 0 Å². The lowest BCUT2D eigenvalue weighted by Crippen LogP contribution is -2.48. The number of nitrogens with one attached hydrogen (secondary N) is 1. The molecule has 0 spiro atoms. The fourth-order valence-electron chi connectivity index (χ4n) is 4.44. The van der Waals surface area contributed by atoms with Crippen LogP contribution in [0.3, 0.4) is 0 Å². The van der Waals surface area contributed by atoms with Gasteiger partial charge in [0.05, 0.1) is 6.04 Å². The third-order valence-electron chi connectivity index (χ3n) is 6.18. The van der Waals surface area contributed by atoms with Gasteiger partial charge in [0, 0.05) is 38.8 Å². The lowest BCUT2D eigenvalue weighted by molar-refractivity contribution is -0.116. The summed E-state index contributed by atoms with van der Waals surface area (Å²) >= 11 is 0. The standard InChI is InChI=1S/C29H33N3O.2ClH/c33-28(18-17-25-11-4-1-5-12-25)30-19-10-20-31-21-23-32(24-22-31)29(26-13-6-2-7-14-26)27-15-8-3-9-16-27;;/h1-9,11-18,29H,10,19-24H2,(H,30,33);2*1H. The number of benzene rings is 3. The van der Waals surface area contributed by atoms with Crippen LogP contribution in [0.2, 0.25) is 0 Å². The van der Waals surface area contributed by atoms with Crippen LogP contribution in [-0.4, -0.2) is 55.0 Å². The molecule has 0 aliphatic carbocycles. The molecule has 0 saturated carbocycles. The number of carbonyl (C=O) groups is 1. The van der Waals surface area contributed by atoms with E-state index in [0.717, 1.165) is 44.7 Å². The van der Waals surface area contributed by atoms with E-state index < -0.39 is 0 Å². The van der Waals surface area contributed by atoms with E-state index in [1.165, 1.54) is 11.1 Å². The summed E-state index contributed by atoms with van der Waals surface area (Å²) in [5, 5.41) is 3.00. The molecule has 3 aromatic carbocycles. The Morgan fingerprint density at radius 2 is 1.29 bits per heavy atom. The highest BCUT2D eigenvalue weighted by atomic mass is 35.5. The molecule has 4 nitrogen and oxygen atoms in total. The van der Waals surface area contributed by atoms with E-state index >= 15 is 0 Å². The Morgan fingerprint density at radius 1 is 0.771 bits per heavy atom. The van der Waals surface area contributed by atoms with Crippen molar-refractivity contribution in [3.05, 3.63) is 114 Å². The van der Waals surface area contributed by atoms with Crippen LogP contribution < -0.4 is 5.32 Å². The number of hydrogen-bond donors (Lipinski definition) is 1. The molecular weight excluding hydrogens is 477 g/mol. The van der Waals surface area contributed by atoms with Gasteiger partial charge in [-0.1, -0.05) is 91.0 Å². The minimum Gasteiger partial charge on any atom is -0.353 e. The number of rotatable bonds is 9. The summed E-state index contributed by atoms with van der Waals surface area (Å²) in [5.41, 5.74) is 3.74. The van der Waals surface area contributed by atoms with Gasteiger partial charge in [-0.25, -0.2) is 0 Å². The van der Waals surface area contributed by atoms with Gasteiger partial charge in [0.1, 0.15) is 0 Å². The van der Waals surface area contributed by atoms with E-state index in [1.54, 1.807) is 6.08 Å². The summed E-state index contributed by atoms with van der Waals surface area (Å²) < 4.78 is 0. The first-order valence-corrected chi connectivity index (χ1v) is 11.9. The second-order valence-corrected chi connectivity index (χ2v) is 8.49. The van der Waals surface area contributed by atoms with Crippen molar-refractivity contribution in [1.82, 2.24) is 15.1 Å². The van der Waals surface area contributed by atoms with Gasteiger partial charge in [0.25, 0.3) is 0 Å². The van der Waals surface area contributed by atoms with Crippen molar-refractivity contribution in [1.29, 1.82) is 0 Å². The van der Waals surface area contributed by atoms with Gasteiger partial charge in [-0.15, -0.1) is 24.8 Å². The van der Waals surface area contributed by atoms with Crippen LogP contribution >= 0.6 is 24.8 Å². The van der Waals surface area contributed by atoms with Crippen molar-refractivity contribution >= 4 is 36.8 Å². The summed E-state index contributed by atoms with van der Waals surface area (Å²) in [5.74, 6) is -0.0303. The number of piperazine rings is 1. The van der Waals surface area contributed by atoms with Gasteiger partial charge < -0.3 is 10.2 Å². The smallest absolute Gasteiger partial charge is 0.243 e. The Morgan fingerprint density at radius 3 is 1.83 bits per heavy atom. The summed E-state index contributed by atoms with van der Waals surface area (Å²) in [6.07, 6.45) is 4.43. The van der Waals surface area contributed by atoms with Gasteiger partial charge in [-0.3, -0.25) is 9.69 Å². The number of hydrogen-bond acceptors (Lipinski definition) is 3. The number of amides is 1. The lowest BCUT2D eigenvalue weighted by Gasteiger charge is -2.39. The zero-order valence-electron chi connectivity index (χ0n) is 20.0. The summed E-state index contributed by atoms with van der Waals surface area (Å²) in [4.78, 5) is 17.1. The molecule has 0 atom stereocenters. The van der Waals surface area contributed by atoms with Gasteiger partial charge in [0.15, 0.2) is 0 Å². The number of carbonyl (C=O) groups excluding carboxylic acids is 1. The highest BCUT2D eigenvalue weighted by Gasteiger charge is 2.26. The Balaban J connectivity index is 0.00000216. The molecule has 1 aliphatic rings. The second kappa shape index (κ2) is 15.4. The number of halogens is 2. The highest BCUT2D eigenvalue weighted by Crippen LogP contribution is 2.29. The predicted molar refractivity (Wildman–Crippen MR) is 150 cm³/mol. The van der Waals surface area contributed by atoms with E-state index in [4.69, 9.17) is 0 Å². The SMILES string of the molecule is Cl.Cl.O=C(C=Cc1ccccc1)NCCCN1CCN(C(c2ccccc2)c2ccccc2)CC1. The molecule has 35 heavy (non-hydrogen) atoms. The maximum atomic E-state index is 12.0. The zero-order chi connectivity index (χ0) is 22.7. The largest absolute Gasteiger partial charge is 0.353 e. The Labute approximate surface area is 221 Å². The fraction of sp³-hybridized carbons (Fsp3) is 0.276. The quantitative estimate of drug-likeness (QED) is 0.306. The zero-order valence-corrected chi connectivity index (χ0v) is 21.6. The van der Waals surface area contributed by atoms with Crippen molar-refractivity contribution < 1.29 is 4.79 Å². The van der Waals surface area contributed by atoms with Crippen LogP contribution in [0.1, 0.15) is 29.2 Å². The third-order valence-corrected chi connectivity index (χ3v) is 6.18. The monoisotopic (exact) mass is 511 g/mol. The molecule has 1 heterocycles. The first-order chi connectivity index (χ1) is 16.3. The molecule has 0 radical (unpaired) electrons. The molecule has 4 rings (SSSR count). The summed E-state index contributed by atoms with van der Waals surface area (Å²) in [6, 6.07) is 31.8. The lowest BCUT2D eigenvalue weighted by atomic mass is 9.96. The van der Waals surface area contributed by atoms with Gasteiger partial charge in [-0.2, -0.15) is 0 Å². The fourth-order valence-corrected chi connectivity index (χ4v) is 4.44. The highest BCUT2D eigenvalue weighted by molar-refractivity contribution is 5.91. The topological polar surface area (TPSA) is 35.6 Å². The normalized spacial score (nSPS) is 14.3. The second-order valence-electron chi connectivity index (χ2n) is 8.49. The molecular formula is C29H35Cl2N3O. The van der Waals surface area contributed by atoms with Crippen molar-refractivity contribution in [2.45, 2.75) is 12.5 Å². The van der Waals surface area contributed by atoms with Crippen molar-refractivity contribution in [3.63, 3.8) is 0 Å². The van der Waals surface area contributed by atoms with Crippen LogP contribution in [-0.2, 0) is 4.79 Å². The maximum absolute atomic E-state index is 12.0. The molecule has 1 amide bonds. The van der Waals surface area contributed by atoms with Crippen LogP contribution in [0.4, 0.5) is 0 Å². The molecule has 1 fully saturated rings.